The number of halogens is 3. The summed E-state index contributed by atoms with van der Waals surface area (Å²) in [6.45, 7) is 4.70. The SMILES string of the molecule is CCCCCC(=O)N/C(=C/c1ccc(OCc2cc(OCC(F)(F)F)ccn2)cc1)CCP(=O)(OCC)OCC. The molecule has 1 heterocycles. The van der Waals surface area contributed by atoms with Gasteiger partial charge in [0.15, 0.2) is 6.61 Å². The number of allylic oxidation sites excluding steroid dienone is 1. The molecule has 1 aromatic carbocycles. The van der Waals surface area contributed by atoms with Crippen molar-refractivity contribution in [3.63, 3.8) is 0 Å². The number of carbonyl (C=O) groups is 1. The summed E-state index contributed by atoms with van der Waals surface area (Å²) in [4.78, 5) is 16.6. The molecule has 1 aromatic heterocycles. The van der Waals surface area contributed by atoms with Crippen molar-refractivity contribution in [3.05, 3.63) is 59.5 Å². The lowest BCUT2D eigenvalue weighted by molar-refractivity contribution is -0.153. The van der Waals surface area contributed by atoms with E-state index in [9.17, 15) is 22.5 Å². The van der Waals surface area contributed by atoms with Crippen LogP contribution in [-0.4, -0.2) is 43.1 Å². The van der Waals surface area contributed by atoms with Gasteiger partial charge in [-0.25, -0.2) is 0 Å². The van der Waals surface area contributed by atoms with Crippen LogP contribution in [0.3, 0.4) is 0 Å². The minimum atomic E-state index is -4.43. The maximum absolute atomic E-state index is 12.9. The number of benzene rings is 1. The first-order valence-corrected chi connectivity index (χ1v) is 15.0. The predicted octanol–water partition coefficient (Wildman–Crippen LogP) is 7.30. The van der Waals surface area contributed by atoms with Crippen molar-refractivity contribution in [1.82, 2.24) is 10.3 Å². The van der Waals surface area contributed by atoms with E-state index in [2.05, 4.69) is 17.2 Å². The van der Waals surface area contributed by atoms with Gasteiger partial charge in [0.25, 0.3) is 0 Å². The molecule has 0 bridgehead atoms. The number of amides is 1. The van der Waals surface area contributed by atoms with Crippen LogP contribution < -0.4 is 14.8 Å². The number of aromatic nitrogens is 1. The summed E-state index contributed by atoms with van der Waals surface area (Å²) in [7, 11) is -3.29. The number of nitrogens with one attached hydrogen (secondary N) is 1. The van der Waals surface area contributed by atoms with Gasteiger partial charge < -0.3 is 23.8 Å². The van der Waals surface area contributed by atoms with E-state index in [4.69, 9.17) is 18.5 Å². The number of rotatable bonds is 18. The van der Waals surface area contributed by atoms with E-state index in [1.165, 1.54) is 18.3 Å². The molecule has 0 spiro atoms. The molecule has 1 N–H and O–H groups in total. The molecular formula is C28H38F3N2O6P. The summed E-state index contributed by atoms with van der Waals surface area (Å²) in [5.74, 6) is 0.452. The van der Waals surface area contributed by atoms with Crippen LogP contribution in [0.5, 0.6) is 11.5 Å². The molecule has 0 saturated carbocycles. The van der Waals surface area contributed by atoms with Gasteiger partial charge in [-0.3, -0.25) is 14.3 Å². The van der Waals surface area contributed by atoms with Gasteiger partial charge in [0, 0.05) is 24.4 Å². The Morgan fingerprint density at radius 3 is 2.30 bits per heavy atom. The molecule has 0 aliphatic heterocycles. The van der Waals surface area contributed by atoms with Crippen molar-refractivity contribution in [2.24, 2.45) is 0 Å². The molecule has 222 valence electrons. The highest BCUT2D eigenvalue weighted by atomic mass is 31.2. The highest BCUT2D eigenvalue weighted by Crippen LogP contribution is 2.49. The minimum absolute atomic E-state index is 0.0294. The standard InChI is InChI=1S/C28H38F3N2O6P/c1-4-7-8-9-27(34)33-23(15-17-40(35,38-5-2)39-6-3)18-22-10-12-25(13-11-22)36-20-24-19-26(14-16-32-24)37-21-28(29,30)31/h10-14,16,18-19H,4-9,15,17,20-21H2,1-3H3,(H,33,34)/b23-18+. The Balaban J connectivity index is 2.07. The van der Waals surface area contributed by atoms with Crippen LogP contribution in [-0.2, 0) is 25.0 Å². The zero-order chi connectivity index (χ0) is 29.4. The molecule has 12 heteroatoms. The van der Waals surface area contributed by atoms with E-state index in [-0.39, 0.29) is 44.1 Å². The molecule has 0 saturated heterocycles. The first kappa shape index (κ1) is 33.3. The quantitative estimate of drug-likeness (QED) is 0.145. The fourth-order valence-electron chi connectivity index (χ4n) is 3.57. The number of carbonyl (C=O) groups excluding carboxylic acids is 1. The average molecular weight is 587 g/mol. The predicted molar refractivity (Wildman–Crippen MR) is 147 cm³/mol. The molecule has 0 aliphatic rings. The topological polar surface area (TPSA) is 96.0 Å². The van der Waals surface area contributed by atoms with Crippen LogP contribution in [0.25, 0.3) is 6.08 Å². The lowest BCUT2D eigenvalue weighted by Gasteiger charge is -2.18. The third-order valence-electron chi connectivity index (χ3n) is 5.41. The van der Waals surface area contributed by atoms with E-state index in [1.54, 1.807) is 44.2 Å². The average Bonchev–Trinajstić information content (AvgIpc) is 2.90. The summed E-state index contributed by atoms with van der Waals surface area (Å²) >= 11 is 0. The largest absolute Gasteiger partial charge is 0.487 e. The molecule has 8 nitrogen and oxygen atoms in total. The van der Waals surface area contributed by atoms with E-state index >= 15 is 0 Å². The van der Waals surface area contributed by atoms with Gasteiger partial charge >= 0.3 is 13.8 Å². The van der Waals surface area contributed by atoms with E-state index < -0.39 is 20.4 Å². The molecule has 2 rings (SSSR count). The van der Waals surface area contributed by atoms with E-state index in [0.29, 0.717) is 23.6 Å². The third-order valence-corrected chi connectivity index (χ3v) is 7.49. The molecule has 0 aliphatic carbocycles. The number of hydrogen-bond donors (Lipinski definition) is 1. The Morgan fingerprint density at radius 2 is 1.68 bits per heavy atom. The van der Waals surface area contributed by atoms with Crippen molar-refractivity contribution < 1.29 is 41.1 Å². The Labute approximate surface area is 233 Å². The fourth-order valence-corrected chi connectivity index (χ4v) is 5.21. The normalized spacial score (nSPS) is 12.3. The highest BCUT2D eigenvalue weighted by molar-refractivity contribution is 7.53. The van der Waals surface area contributed by atoms with Crippen LogP contribution in [0.2, 0.25) is 0 Å². The number of hydrogen-bond acceptors (Lipinski definition) is 7. The monoisotopic (exact) mass is 586 g/mol. The zero-order valence-electron chi connectivity index (χ0n) is 23.2. The van der Waals surface area contributed by atoms with Crippen molar-refractivity contribution >= 4 is 19.6 Å². The number of unbranched alkanes of at least 4 members (excludes halogenated alkanes) is 2. The van der Waals surface area contributed by atoms with Gasteiger partial charge in [-0.1, -0.05) is 31.9 Å². The smallest absolute Gasteiger partial charge is 0.422 e. The van der Waals surface area contributed by atoms with Crippen molar-refractivity contribution in [1.29, 1.82) is 0 Å². The Kier molecular flexibility index (Phi) is 14.2. The number of pyridine rings is 1. The molecular weight excluding hydrogens is 548 g/mol. The number of ether oxygens (including phenoxy) is 2. The first-order valence-electron chi connectivity index (χ1n) is 13.3. The molecule has 1 amide bonds. The second-order valence-corrected chi connectivity index (χ2v) is 11.0. The lowest BCUT2D eigenvalue weighted by Crippen LogP contribution is -2.23. The molecule has 40 heavy (non-hydrogen) atoms. The molecule has 0 atom stereocenters. The van der Waals surface area contributed by atoms with E-state index in [1.807, 2.05) is 0 Å². The lowest BCUT2D eigenvalue weighted by atomic mass is 10.1. The Bertz CT molecular complexity index is 1120. The fraction of sp³-hybridized carbons (Fsp3) is 0.500. The molecule has 0 unspecified atom stereocenters. The van der Waals surface area contributed by atoms with Crippen LogP contribution in [0, 0.1) is 0 Å². The summed E-state index contributed by atoms with van der Waals surface area (Å²) in [5, 5.41) is 2.94. The Hall–Kier alpha value is -2.88. The molecule has 0 fully saturated rings. The second kappa shape index (κ2) is 17.0. The van der Waals surface area contributed by atoms with Crippen molar-refractivity contribution in [2.45, 2.75) is 65.7 Å². The highest BCUT2D eigenvalue weighted by Gasteiger charge is 2.28. The third kappa shape index (κ3) is 13.5. The maximum Gasteiger partial charge on any atom is 0.422 e. The van der Waals surface area contributed by atoms with Crippen LogP contribution in [0.1, 0.15) is 64.1 Å². The minimum Gasteiger partial charge on any atom is -0.487 e. The summed E-state index contributed by atoms with van der Waals surface area (Å²) in [6, 6.07) is 9.77. The van der Waals surface area contributed by atoms with Gasteiger partial charge in [-0.2, -0.15) is 13.2 Å². The summed E-state index contributed by atoms with van der Waals surface area (Å²) in [5.41, 5.74) is 1.78. The summed E-state index contributed by atoms with van der Waals surface area (Å²) in [6.07, 6.45) is 2.26. The van der Waals surface area contributed by atoms with Crippen LogP contribution >= 0.6 is 7.60 Å². The zero-order valence-corrected chi connectivity index (χ0v) is 24.1. The van der Waals surface area contributed by atoms with Crippen LogP contribution in [0.4, 0.5) is 13.2 Å². The van der Waals surface area contributed by atoms with Gasteiger partial charge in [0.1, 0.15) is 18.1 Å². The van der Waals surface area contributed by atoms with Crippen LogP contribution in [0.15, 0.2) is 48.3 Å². The number of alkyl halides is 3. The van der Waals surface area contributed by atoms with Gasteiger partial charge in [0.2, 0.25) is 5.91 Å². The Morgan fingerprint density at radius 1 is 0.975 bits per heavy atom. The number of nitrogens with zero attached hydrogens (tertiary/aromatic N) is 1. The van der Waals surface area contributed by atoms with Crippen molar-refractivity contribution in [2.75, 3.05) is 26.0 Å². The molecule has 2 aromatic rings. The van der Waals surface area contributed by atoms with E-state index in [0.717, 1.165) is 24.8 Å². The van der Waals surface area contributed by atoms with Gasteiger partial charge in [-0.15, -0.1) is 0 Å². The first-order chi connectivity index (χ1) is 19.1. The second-order valence-electron chi connectivity index (χ2n) is 8.84. The maximum atomic E-state index is 12.9. The molecule has 0 radical (unpaired) electrons. The van der Waals surface area contributed by atoms with Gasteiger partial charge in [0.05, 0.1) is 25.1 Å². The van der Waals surface area contributed by atoms with Gasteiger partial charge in [-0.05, 0) is 56.5 Å². The van der Waals surface area contributed by atoms with Crippen molar-refractivity contribution in [3.8, 4) is 11.5 Å². The summed E-state index contributed by atoms with van der Waals surface area (Å²) < 4.78 is 71.3.